The van der Waals surface area contributed by atoms with Gasteiger partial charge in [0.15, 0.2) is 6.26 Å². The fraction of sp³-hybridized carbons (Fsp3) is 0.733. The molecule has 0 aliphatic heterocycles. The van der Waals surface area contributed by atoms with Gasteiger partial charge in [0.2, 0.25) is 0 Å². The molecule has 0 amide bonds. The predicted molar refractivity (Wildman–Crippen MR) is 68.5 cm³/mol. The van der Waals surface area contributed by atoms with Crippen molar-refractivity contribution in [2.75, 3.05) is 0 Å². The van der Waals surface area contributed by atoms with E-state index in [1.165, 1.54) is 63.4 Å². The maximum atomic E-state index is 4.92. The van der Waals surface area contributed by atoms with Crippen molar-refractivity contribution in [1.82, 2.24) is 0 Å². The lowest BCUT2D eigenvalue weighted by Crippen LogP contribution is -1.84. The molecule has 1 radical (unpaired) electrons. The van der Waals surface area contributed by atoms with Gasteiger partial charge in [0.25, 0.3) is 0 Å². The van der Waals surface area contributed by atoms with Crippen molar-refractivity contribution in [3.63, 3.8) is 0 Å². The van der Waals surface area contributed by atoms with E-state index in [4.69, 9.17) is 4.42 Å². The molecule has 1 rings (SSSR count). The second kappa shape index (κ2) is 9.50. The van der Waals surface area contributed by atoms with E-state index >= 15 is 0 Å². The quantitative estimate of drug-likeness (QED) is 0.498. The van der Waals surface area contributed by atoms with Gasteiger partial charge in [0, 0.05) is 5.56 Å². The first-order valence-electron chi connectivity index (χ1n) is 6.87. The van der Waals surface area contributed by atoms with Crippen molar-refractivity contribution in [3.05, 3.63) is 24.2 Å². The summed E-state index contributed by atoms with van der Waals surface area (Å²) in [6.07, 6.45) is 18.2. The minimum absolute atomic E-state index is 1.13. The Bertz CT molecular complexity index is 226. The molecular formula is C15H25O. The summed E-state index contributed by atoms with van der Waals surface area (Å²) in [7, 11) is 0. The van der Waals surface area contributed by atoms with Crippen LogP contribution in [0.5, 0.6) is 0 Å². The van der Waals surface area contributed by atoms with Crippen molar-refractivity contribution >= 4 is 0 Å². The minimum atomic E-state index is 1.13. The Hall–Kier alpha value is -0.720. The third-order valence-electron chi connectivity index (χ3n) is 3.08. The van der Waals surface area contributed by atoms with Gasteiger partial charge in [-0.2, -0.15) is 0 Å². The summed E-state index contributed by atoms with van der Waals surface area (Å²) in [4.78, 5) is 0. The summed E-state index contributed by atoms with van der Waals surface area (Å²) >= 11 is 0. The van der Waals surface area contributed by atoms with Crippen LogP contribution in [0.25, 0.3) is 0 Å². The predicted octanol–water partition coefficient (Wildman–Crippen LogP) is 5.15. The molecule has 1 heteroatoms. The van der Waals surface area contributed by atoms with E-state index in [-0.39, 0.29) is 0 Å². The van der Waals surface area contributed by atoms with Crippen LogP contribution >= 0.6 is 0 Å². The molecule has 0 saturated heterocycles. The first-order valence-corrected chi connectivity index (χ1v) is 6.87. The highest BCUT2D eigenvalue weighted by molar-refractivity contribution is 5.03. The molecule has 1 heterocycles. The average molecular weight is 221 g/mol. The van der Waals surface area contributed by atoms with Gasteiger partial charge in [0.05, 0.1) is 6.26 Å². The maximum Gasteiger partial charge on any atom is 0.172 e. The normalized spacial score (nSPS) is 10.8. The summed E-state index contributed by atoms with van der Waals surface area (Å²) in [6.45, 7) is 2.27. The topological polar surface area (TPSA) is 13.1 Å². The molecule has 0 aliphatic carbocycles. The first kappa shape index (κ1) is 13.3. The van der Waals surface area contributed by atoms with Gasteiger partial charge in [-0.05, 0) is 18.9 Å². The molecule has 0 aromatic carbocycles. The van der Waals surface area contributed by atoms with Crippen molar-refractivity contribution in [3.8, 4) is 0 Å². The number of aryl methyl sites for hydroxylation is 1. The van der Waals surface area contributed by atoms with Crippen LogP contribution in [0, 0.1) is 6.26 Å². The summed E-state index contributed by atoms with van der Waals surface area (Å²) < 4.78 is 4.92. The van der Waals surface area contributed by atoms with Crippen LogP contribution in [0.15, 0.2) is 16.7 Å². The van der Waals surface area contributed by atoms with Crippen molar-refractivity contribution in [2.45, 2.75) is 71.1 Å². The third-order valence-corrected chi connectivity index (χ3v) is 3.08. The smallest absolute Gasteiger partial charge is 0.172 e. The Labute approximate surface area is 100 Å². The maximum absolute atomic E-state index is 4.92. The molecule has 1 aromatic rings. The molecule has 1 aromatic heterocycles. The highest BCUT2D eigenvalue weighted by atomic mass is 16.3. The fourth-order valence-corrected chi connectivity index (χ4v) is 2.02. The van der Waals surface area contributed by atoms with E-state index in [1.807, 2.05) is 6.07 Å². The molecule has 0 unspecified atom stereocenters. The zero-order valence-electron chi connectivity index (χ0n) is 10.6. The van der Waals surface area contributed by atoms with Crippen LogP contribution in [0.3, 0.4) is 0 Å². The van der Waals surface area contributed by atoms with E-state index in [0.717, 1.165) is 6.42 Å². The highest BCUT2D eigenvalue weighted by Gasteiger charge is 1.95. The lowest BCUT2D eigenvalue weighted by molar-refractivity contribution is 0.548. The second-order valence-corrected chi connectivity index (χ2v) is 4.63. The SMILES string of the molecule is CCCCCCCCCCCc1[c]occ1. The van der Waals surface area contributed by atoms with E-state index < -0.39 is 0 Å². The molecule has 0 atom stereocenters. The second-order valence-electron chi connectivity index (χ2n) is 4.63. The van der Waals surface area contributed by atoms with Crippen molar-refractivity contribution in [1.29, 1.82) is 0 Å². The first-order chi connectivity index (χ1) is 7.93. The van der Waals surface area contributed by atoms with Gasteiger partial charge in [0.1, 0.15) is 0 Å². The van der Waals surface area contributed by atoms with Crippen LogP contribution < -0.4 is 0 Å². The van der Waals surface area contributed by atoms with Crippen molar-refractivity contribution < 1.29 is 4.42 Å². The fourth-order valence-electron chi connectivity index (χ4n) is 2.02. The van der Waals surface area contributed by atoms with Crippen LogP contribution in [-0.4, -0.2) is 0 Å². The summed E-state index contributed by atoms with van der Waals surface area (Å²) in [6, 6.07) is 2.02. The monoisotopic (exact) mass is 221 g/mol. The zero-order valence-corrected chi connectivity index (χ0v) is 10.6. The van der Waals surface area contributed by atoms with Crippen molar-refractivity contribution in [2.24, 2.45) is 0 Å². The third kappa shape index (κ3) is 6.71. The van der Waals surface area contributed by atoms with Gasteiger partial charge >= 0.3 is 0 Å². The van der Waals surface area contributed by atoms with Gasteiger partial charge in [-0.1, -0.05) is 58.3 Å². The summed E-state index contributed by atoms with van der Waals surface area (Å²) in [5.74, 6) is 0. The van der Waals surface area contributed by atoms with Gasteiger partial charge < -0.3 is 4.42 Å². The minimum Gasteiger partial charge on any atom is -0.461 e. The molecule has 0 N–H and O–H groups in total. The van der Waals surface area contributed by atoms with E-state index in [0.29, 0.717) is 0 Å². The number of rotatable bonds is 10. The Balaban J connectivity index is 1.78. The van der Waals surface area contributed by atoms with Crippen LogP contribution in [0.1, 0.15) is 70.3 Å². The highest BCUT2D eigenvalue weighted by Crippen LogP contribution is 2.11. The number of furan rings is 1. The van der Waals surface area contributed by atoms with Crippen LogP contribution in [-0.2, 0) is 6.42 Å². The van der Waals surface area contributed by atoms with Gasteiger partial charge in [-0.15, -0.1) is 0 Å². The molecule has 0 spiro atoms. The largest absolute Gasteiger partial charge is 0.461 e. The number of hydrogen-bond donors (Lipinski definition) is 0. The Morgan fingerprint density at radius 2 is 1.56 bits per heavy atom. The lowest BCUT2D eigenvalue weighted by Gasteiger charge is -2.01. The van der Waals surface area contributed by atoms with E-state index in [9.17, 15) is 0 Å². The standard InChI is InChI=1S/C15H25O/c1-2-3-4-5-6-7-8-9-10-11-15-12-13-16-14-15/h12-13H,2-11H2,1H3. The molecule has 16 heavy (non-hydrogen) atoms. The molecule has 0 aliphatic rings. The molecule has 0 bridgehead atoms. The summed E-state index contributed by atoms with van der Waals surface area (Å²) in [5.41, 5.74) is 1.22. The van der Waals surface area contributed by atoms with Crippen LogP contribution in [0.4, 0.5) is 0 Å². The molecule has 0 fully saturated rings. The lowest BCUT2D eigenvalue weighted by atomic mass is 10.1. The summed E-state index contributed by atoms with van der Waals surface area (Å²) in [5, 5.41) is 0. The average Bonchev–Trinajstić information content (AvgIpc) is 2.80. The molecule has 0 saturated carbocycles. The molecule has 91 valence electrons. The van der Waals surface area contributed by atoms with E-state index in [1.54, 1.807) is 6.26 Å². The molecular weight excluding hydrogens is 196 g/mol. The Kier molecular flexibility index (Phi) is 7.93. The number of hydrogen-bond acceptors (Lipinski definition) is 1. The zero-order chi connectivity index (χ0) is 11.5. The molecule has 1 nitrogen and oxygen atoms in total. The van der Waals surface area contributed by atoms with Gasteiger partial charge in [-0.25, -0.2) is 0 Å². The number of unbranched alkanes of at least 4 members (excludes halogenated alkanes) is 8. The van der Waals surface area contributed by atoms with Gasteiger partial charge in [-0.3, -0.25) is 0 Å². The van der Waals surface area contributed by atoms with Crippen LogP contribution in [0.2, 0.25) is 0 Å². The Morgan fingerprint density at radius 1 is 0.938 bits per heavy atom. The van der Waals surface area contributed by atoms with E-state index in [2.05, 4.69) is 13.2 Å². The Morgan fingerprint density at radius 3 is 2.12 bits per heavy atom.